The van der Waals surface area contributed by atoms with Crippen molar-refractivity contribution in [2.75, 3.05) is 7.05 Å². The van der Waals surface area contributed by atoms with Crippen molar-refractivity contribution in [1.82, 2.24) is 5.32 Å². The van der Waals surface area contributed by atoms with Crippen molar-refractivity contribution >= 4 is 16.7 Å². The van der Waals surface area contributed by atoms with Crippen molar-refractivity contribution < 1.29 is 4.79 Å². The zero-order valence-corrected chi connectivity index (χ0v) is 10.4. The first-order chi connectivity index (χ1) is 8.15. The number of nitrogens with one attached hydrogen (secondary N) is 1. The van der Waals surface area contributed by atoms with Gasteiger partial charge in [-0.3, -0.25) is 4.79 Å². The molecular formula is C15H17NO. The summed E-state index contributed by atoms with van der Waals surface area (Å²) in [6, 6.07) is 12.0. The van der Waals surface area contributed by atoms with E-state index < -0.39 is 0 Å². The topological polar surface area (TPSA) is 29.1 Å². The monoisotopic (exact) mass is 227 g/mol. The van der Waals surface area contributed by atoms with Gasteiger partial charge < -0.3 is 5.32 Å². The number of hydrogen-bond acceptors (Lipinski definition) is 1. The van der Waals surface area contributed by atoms with Gasteiger partial charge in [-0.25, -0.2) is 0 Å². The number of hydrogen-bond donors (Lipinski definition) is 1. The van der Waals surface area contributed by atoms with Crippen LogP contribution in [0, 0.1) is 0 Å². The van der Waals surface area contributed by atoms with Crippen LogP contribution in [0.1, 0.15) is 35.7 Å². The van der Waals surface area contributed by atoms with Crippen LogP contribution < -0.4 is 5.32 Å². The molecule has 2 aromatic rings. The fraction of sp³-hybridized carbons (Fsp3) is 0.267. The minimum atomic E-state index is -0.0310. The predicted octanol–water partition coefficient (Wildman–Crippen LogP) is 3.32. The normalized spacial score (nSPS) is 10.8. The molecule has 2 heteroatoms. The van der Waals surface area contributed by atoms with Gasteiger partial charge in [0.25, 0.3) is 5.91 Å². The molecule has 2 rings (SSSR count). The van der Waals surface area contributed by atoms with Gasteiger partial charge in [0.1, 0.15) is 0 Å². The minimum Gasteiger partial charge on any atom is -0.355 e. The lowest BCUT2D eigenvalue weighted by molar-refractivity contribution is 0.0964. The van der Waals surface area contributed by atoms with E-state index in [4.69, 9.17) is 0 Å². The lowest BCUT2D eigenvalue weighted by Crippen LogP contribution is -2.18. The molecule has 0 aliphatic rings. The summed E-state index contributed by atoms with van der Waals surface area (Å²) < 4.78 is 0. The SMILES string of the molecule is CNC(=O)c1ccc(C(C)C)c2ccccc12. The first kappa shape index (κ1) is 11.6. The maximum Gasteiger partial charge on any atom is 0.251 e. The van der Waals surface area contributed by atoms with Crippen molar-refractivity contribution in [3.8, 4) is 0 Å². The molecule has 0 bridgehead atoms. The van der Waals surface area contributed by atoms with E-state index in [0.29, 0.717) is 5.92 Å². The number of carbonyl (C=O) groups is 1. The first-order valence-corrected chi connectivity index (χ1v) is 5.89. The fourth-order valence-electron chi connectivity index (χ4n) is 2.16. The Kier molecular flexibility index (Phi) is 3.14. The highest BCUT2D eigenvalue weighted by Crippen LogP contribution is 2.27. The van der Waals surface area contributed by atoms with Crippen LogP contribution in [0.3, 0.4) is 0 Å². The molecule has 0 spiro atoms. The van der Waals surface area contributed by atoms with Crippen molar-refractivity contribution in [2.45, 2.75) is 19.8 Å². The molecule has 0 saturated carbocycles. The van der Waals surface area contributed by atoms with Gasteiger partial charge in [0.15, 0.2) is 0 Å². The van der Waals surface area contributed by atoms with Crippen molar-refractivity contribution in [1.29, 1.82) is 0 Å². The molecule has 0 atom stereocenters. The van der Waals surface area contributed by atoms with Gasteiger partial charge in [-0.05, 0) is 28.3 Å². The van der Waals surface area contributed by atoms with E-state index in [-0.39, 0.29) is 5.91 Å². The third-order valence-electron chi connectivity index (χ3n) is 3.05. The quantitative estimate of drug-likeness (QED) is 0.837. The van der Waals surface area contributed by atoms with Crippen molar-refractivity contribution in [3.05, 3.63) is 47.5 Å². The van der Waals surface area contributed by atoms with E-state index in [0.717, 1.165) is 10.9 Å². The summed E-state index contributed by atoms with van der Waals surface area (Å²) >= 11 is 0. The van der Waals surface area contributed by atoms with Crippen LogP contribution in [0.2, 0.25) is 0 Å². The number of amides is 1. The van der Waals surface area contributed by atoms with Crippen LogP contribution in [0.5, 0.6) is 0 Å². The van der Waals surface area contributed by atoms with Gasteiger partial charge in [0, 0.05) is 12.6 Å². The van der Waals surface area contributed by atoms with Crippen molar-refractivity contribution in [3.63, 3.8) is 0 Å². The summed E-state index contributed by atoms with van der Waals surface area (Å²) in [5.41, 5.74) is 2.03. The van der Waals surface area contributed by atoms with Gasteiger partial charge in [-0.1, -0.05) is 44.2 Å². The minimum absolute atomic E-state index is 0.0310. The van der Waals surface area contributed by atoms with Gasteiger partial charge in [0.05, 0.1) is 0 Å². The lowest BCUT2D eigenvalue weighted by atomic mass is 9.93. The molecule has 2 aromatic carbocycles. The number of benzene rings is 2. The molecule has 0 radical (unpaired) electrons. The number of carbonyl (C=O) groups excluding carboxylic acids is 1. The van der Waals surface area contributed by atoms with E-state index in [9.17, 15) is 4.79 Å². The van der Waals surface area contributed by atoms with E-state index in [2.05, 4.69) is 31.3 Å². The molecule has 0 saturated heterocycles. The Labute approximate surface area is 102 Å². The van der Waals surface area contributed by atoms with E-state index >= 15 is 0 Å². The maximum atomic E-state index is 11.8. The Morgan fingerprint density at radius 2 is 1.71 bits per heavy atom. The highest BCUT2D eigenvalue weighted by atomic mass is 16.1. The molecule has 88 valence electrons. The zero-order chi connectivity index (χ0) is 12.4. The molecule has 0 aliphatic carbocycles. The maximum absolute atomic E-state index is 11.8. The highest BCUT2D eigenvalue weighted by molar-refractivity contribution is 6.07. The standard InChI is InChI=1S/C15H17NO/c1-10(2)11-8-9-14(15(17)16-3)13-7-5-4-6-12(11)13/h4-10H,1-3H3,(H,16,17). The third-order valence-corrected chi connectivity index (χ3v) is 3.05. The van der Waals surface area contributed by atoms with E-state index in [1.807, 2.05) is 24.3 Å². The number of fused-ring (bicyclic) bond motifs is 1. The first-order valence-electron chi connectivity index (χ1n) is 5.89. The van der Waals surface area contributed by atoms with E-state index in [1.165, 1.54) is 10.9 Å². The van der Waals surface area contributed by atoms with Crippen LogP contribution in [-0.2, 0) is 0 Å². The van der Waals surface area contributed by atoms with Crippen LogP contribution in [-0.4, -0.2) is 13.0 Å². The Hall–Kier alpha value is -1.83. The second kappa shape index (κ2) is 4.58. The molecule has 17 heavy (non-hydrogen) atoms. The van der Waals surface area contributed by atoms with Gasteiger partial charge in [-0.2, -0.15) is 0 Å². The third kappa shape index (κ3) is 2.03. The van der Waals surface area contributed by atoms with Crippen LogP contribution in [0.25, 0.3) is 10.8 Å². The Balaban J connectivity index is 2.75. The molecule has 0 fully saturated rings. The summed E-state index contributed by atoms with van der Waals surface area (Å²) in [7, 11) is 1.66. The van der Waals surface area contributed by atoms with Crippen LogP contribution in [0.15, 0.2) is 36.4 Å². The van der Waals surface area contributed by atoms with Gasteiger partial charge in [-0.15, -0.1) is 0 Å². The smallest absolute Gasteiger partial charge is 0.251 e. The summed E-state index contributed by atoms with van der Waals surface area (Å²) in [4.78, 5) is 11.8. The molecular weight excluding hydrogens is 210 g/mol. The second-order valence-electron chi connectivity index (χ2n) is 4.48. The Bertz CT molecular complexity index is 558. The molecule has 1 amide bonds. The van der Waals surface area contributed by atoms with Gasteiger partial charge in [0.2, 0.25) is 0 Å². The van der Waals surface area contributed by atoms with Gasteiger partial charge >= 0.3 is 0 Å². The molecule has 2 nitrogen and oxygen atoms in total. The zero-order valence-electron chi connectivity index (χ0n) is 10.4. The average Bonchev–Trinajstić information content (AvgIpc) is 2.36. The second-order valence-corrected chi connectivity index (χ2v) is 4.48. The largest absolute Gasteiger partial charge is 0.355 e. The Morgan fingerprint density at radius 3 is 2.29 bits per heavy atom. The number of rotatable bonds is 2. The summed E-state index contributed by atoms with van der Waals surface area (Å²) in [5, 5.41) is 4.88. The lowest BCUT2D eigenvalue weighted by Gasteiger charge is -2.12. The average molecular weight is 227 g/mol. The molecule has 1 N–H and O–H groups in total. The van der Waals surface area contributed by atoms with Crippen LogP contribution in [0.4, 0.5) is 0 Å². The highest BCUT2D eigenvalue weighted by Gasteiger charge is 2.12. The van der Waals surface area contributed by atoms with Crippen LogP contribution >= 0.6 is 0 Å². The molecule has 0 aliphatic heterocycles. The van der Waals surface area contributed by atoms with E-state index in [1.54, 1.807) is 7.05 Å². The summed E-state index contributed by atoms with van der Waals surface area (Å²) in [5.74, 6) is 0.426. The molecule has 0 unspecified atom stereocenters. The predicted molar refractivity (Wildman–Crippen MR) is 71.4 cm³/mol. The van der Waals surface area contributed by atoms with Crippen molar-refractivity contribution in [2.24, 2.45) is 0 Å². The fourth-order valence-corrected chi connectivity index (χ4v) is 2.16. The molecule has 0 aromatic heterocycles. The summed E-state index contributed by atoms with van der Waals surface area (Å²) in [6.45, 7) is 4.34. The summed E-state index contributed by atoms with van der Waals surface area (Å²) in [6.07, 6.45) is 0. The Morgan fingerprint density at radius 1 is 1.06 bits per heavy atom. The molecule has 0 heterocycles.